The lowest BCUT2D eigenvalue weighted by Crippen LogP contribution is -2.40. The molecular formula is C20H31N3O4S. The van der Waals surface area contributed by atoms with Gasteiger partial charge in [0.2, 0.25) is 15.9 Å². The van der Waals surface area contributed by atoms with Crippen LogP contribution < -0.4 is 10.2 Å². The van der Waals surface area contributed by atoms with Crippen LogP contribution >= 0.6 is 0 Å². The molecule has 3 rings (SSSR count). The van der Waals surface area contributed by atoms with Gasteiger partial charge in [0.25, 0.3) is 0 Å². The van der Waals surface area contributed by atoms with Gasteiger partial charge >= 0.3 is 0 Å². The van der Waals surface area contributed by atoms with Gasteiger partial charge in [-0.15, -0.1) is 0 Å². The van der Waals surface area contributed by atoms with E-state index in [1.54, 1.807) is 12.1 Å². The number of nitrogens with zero attached hydrogens (tertiary/aromatic N) is 2. The first-order valence-corrected chi connectivity index (χ1v) is 11.7. The van der Waals surface area contributed by atoms with Gasteiger partial charge in [-0.1, -0.05) is 13.8 Å². The topological polar surface area (TPSA) is 79.0 Å². The van der Waals surface area contributed by atoms with E-state index >= 15 is 0 Å². The van der Waals surface area contributed by atoms with Crippen molar-refractivity contribution in [2.24, 2.45) is 5.92 Å². The van der Waals surface area contributed by atoms with Crippen molar-refractivity contribution < 1.29 is 17.9 Å². The third-order valence-electron chi connectivity index (χ3n) is 5.64. The number of anilines is 2. The summed E-state index contributed by atoms with van der Waals surface area (Å²) in [6.45, 7) is 7.35. The third-order valence-corrected chi connectivity index (χ3v) is 7.53. The molecule has 0 aliphatic carbocycles. The number of nitrogens with one attached hydrogen (secondary N) is 1. The summed E-state index contributed by atoms with van der Waals surface area (Å²) in [6.07, 6.45) is 3.72. The van der Waals surface area contributed by atoms with Crippen LogP contribution in [0, 0.1) is 5.92 Å². The lowest BCUT2D eigenvalue weighted by atomic mass is 10.0. The molecular weight excluding hydrogens is 378 g/mol. The van der Waals surface area contributed by atoms with Gasteiger partial charge in [0.15, 0.2) is 0 Å². The highest BCUT2D eigenvalue weighted by Gasteiger charge is 2.28. The number of benzene rings is 1. The number of amides is 1. The van der Waals surface area contributed by atoms with Gasteiger partial charge in [0, 0.05) is 32.1 Å². The van der Waals surface area contributed by atoms with Crippen LogP contribution in [0.15, 0.2) is 23.1 Å². The van der Waals surface area contributed by atoms with Crippen LogP contribution in [0.5, 0.6) is 0 Å². The summed E-state index contributed by atoms with van der Waals surface area (Å²) in [7, 11) is -3.61. The van der Waals surface area contributed by atoms with Crippen molar-refractivity contribution in [1.29, 1.82) is 0 Å². The largest absolute Gasteiger partial charge is 0.379 e. The average Bonchev–Trinajstić information content (AvgIpc) is 3.24. The van der Waals surface area contributed by atoms with Crippen LogP contribution in [0.1, 0.15) is 39.5 Å². The van der Waals surface area contributed by atoms with Crippen molar-refractivity contribution >= 4 is 27.3 Å². The monoisotopic (exact) mass is 409 g/mol. The van der Waals surface area contributed by atoms with Crippen molar-refractivity contribution in [3.63, 3.8) is 0 Å². The molecule has 2 aliphatic rings. The Hall–Kier alpha value is -1.64. The molecule has 1 N–H and O–H groups in total. The van der Waals surface area contributed by atoms with Crippen LogP contribution in [0.4, 0.5) is 11.4 Å². The second-order valence-electron chi connectivity index (χ2n) is 7.39. The maximum atomic E-state index is 13.0. The number of hydrogen-bond acceptors (Lipinski definition) is 5. The minimum Gasteiger partial charge on any atom is -0.379 e. The fraction of sp³-hybridized carbons (Fsp3) is 0.650. The first-order valence-electron chi connectivity index (χ1n) is 10.2. The number of hydrogen-bond donors (Lipinski definition) is 1. The molecule has 2 saturated heterocycles. The maximum absolute atomic E-state index is 13.0. The summed E-state index contributed by atoms with van der Waals surface area (Å²) in [5, 5.41) is 3.02. The van der Waals surface area contributed by atoms with Crippen molar-refractivity contribution in [2.75, 3.05) is 49.6 Å². The number of carbonyl (C=O) groups excluding carboxylic acids is 1. The normalized spacial score (nSPS) is 18.6. The summed E-state index contributed by atoms with van der Waals surface area (Å²) >= 11 is 0. The quantitative estimate of drug-likeness (QED) is 0.749. The molecule has 2 aliphatic heterocycles. The minimum atomic E-state index is -3.61. The summed E-state index contributed by atoms with van der Waals surface area (Å²) in [6, 6.07) is 5.12. The fourth-order valence-electron chi connectivity index (χ4n) is 3.84. The summed E-state index contributed by atoms with van der Waals surface area (Å²) in [4.78, 5) is 15.1. The van der Waals surface area contributed by atoms with E-state index in [-0.39, 0.29) is 16.7 Å². The lowest BCUT2D eigenvalue weighted by molar-refractivity contribution is -0.120. The van der Waals surface area contributed by atoms with Crippen LogP contribution in [0.25, 0.3) is 0 Å². The molecule has 1 aromatic carbocycles. The van der Waals surface area contributed by atoms with E-state index in [2.05, 4.69) is 10.2 Å². The lowest BCUT2D eigenvalue weighted by Gasteiger charge is -2.27. The molecule has 0 radical (unpaired) electrons. The SMILES string of the molecule is CCC(CC)C(=O)Nc1cc(S(=O)(=O)N2CCOCC2)ccc1N1CCCC1. The predicted molar refractivity (Wildman–Crippen MR) is 110 cm³/mol. The first-order chi connectivity index (χ1) is 13.5. The second-order valence-corrected chi connectivity index (χ2v) is 9.33. The zero-order valence-electron chi connectivity index (χ0n) is 16.8. The molecule has 0 saturated carbocycles. The van der Waals surface area contributed by atoms with Crippen LogP contribution in [0.2, 0.25) is 0 Å². The van der Waals surface area contributed by atoms with Gasteiger partial charge < -0.3 is 15.0 Å². The Morgan fingerprint density at radius 1 is 1.11 bits per heavy atom. The fourth-order valence-corrected chi connectivity index (χ4v) is 5.27. The Morgan fingerprint density at radius 3 is 2.36 bits per heavy atom. The maximum Gasteiger partial charge on any atom is 0.243 e. The third kappa shape index (κ3) is 4.50. The summed E-state index contributed by atoms with van der Waals surface area (Å²) < 4.78 is 32.8. The smallest absolute Gasteiger partial charge is 0.243 e. The Morgan fingerprint density at radius 2 is 1.75 bits per heavy atom. The summed E-state index contributed by atoms with van der Waals surface area (Å²) in [5.74, 6) is -0.127. The molecule has 156 valence electrons. The number of rotatable bonds is 7. The molecule has 0 spiro atoms. The van der Waals surface area contributed by atoms with E-state index in [1.807, 2.05) is 19.9 Å². The highest BCUT2D eigenvalue weighted by atomic mass is 32.2. The Balaban J connectivity index is 1.93. The first kappa shape index (κ1) is 21.1. The second kappa shape index (κ2) is 9.24. The molecule has 2 heterocycles. The molecule has 0 unspecified atom stereocenters. The molecule has 1 amide bonds. The minimum absolute atomic E-state index is 0.0497. The Kier molecular flexibility index (Phi) is 6.95. The number of morpholine rings is 1. The average molecular weight is 410 g/mol. The van der Waals surface area contributed by atoms with Crippen LogP contribution in [-0.2, 0) is 19.6 Å². The molecule has 7 nitrogen and oxygen atoms in total. The van der Waals surface area contributed by atoms with Gasteiger partial charge in [-0.05, 0) is 43.9 Å². The molecule has 1 aromatic rings. The van der Waals surface area contributed by atoms with Crippen LogP contribution in [-0.4, -0.2) is 58.0 Å². The van der Waals surface area contributed by atoms with E-state index in [0.717, 1.165) is 44.5 Å². The van der Waals surface area contributed by atoms with Crippen LogP contribution in [0.3, 0.4) is 0 Å². The van der Waals surface area contributed by atoms with E-state index < -0.39 is 10.0 Å². The zero-order chi connectivity index (χ0) is 20.1. The zero-order valence-corrected chi connectivity index (χ0v) is 17.6. The van der Waals surface area contributed by atoms with Crippen molar-refractivity contribution in [2.45, 2.75) is 44.4 Å². The highest BCUT2D eigenvalue weighted by Crippen LogP contribution is 2.33. The van der Waals surface area contributed by atoms with Gasteiger partial charge in [-0.2, -0.15) is 4.31 Å². The predicted octanol–water partition coefficient (Wildman–Crippen LogP) is 2.68. The standard InChI is InChI=1S/C20H31N3O4S/c1-3-16(4-2)20(24)21-18-15-17(7-8-19(18)22-9-5-6-10-22)28(25,26)23-11-13-27-14-12-23/h7-8,15-16H,3-6,9-14H2,1-2H3,(H,21,24). The molecule has 0 aromatic heterocycles. The number of sulfonamides is 1. The molecule has 28 heavy (non-hydrogen) atoms. The van der Waals surface area contributed by atoms with Gasteiger partial charge in [0.05, 0.1) is 29.5 Å². The van der Waals surface area contributed by atoms with E-state index in [0.29, 0.717) is 32.0 Å². The Labute approximate surface area is 168 Å². The molecule has 8 heteroatoms. The number of ether oxygens (including phenoxy) is 1. The van der Waals surface area contributed by atoms with E-state index in [4.69, 9.17) is 4.74 Å². The van der Waals surface area contributed by atoms with Crippen molar-refractivity contribution in [3.8, 4) is 0 Å². The molecule has 0 bridgehead atoms. The van der Waals surface area contributed by atoms with Crippen molar-refractivity contribution in [1.82, 2.24) is 4.31 Å². The molecule has 0 atom stereocenters. The van der Waals surface area contributed by atoms with E-state index in [9.17, 15) is 13.2 Å². The summed E-state index contributed by atoms with van der Waals surface area (Å²) in [5.41, 5.74) is 1.49. The number of carbonyl (C=O) groups is 1. The van der Waals surface area contributed by atoms with Gasteiger partial charge in [-0.3, -0.25) is 4.79 Å². The van der Waals surface area contributed by atoms with E-state index in [1.165, 1.54) is 4.31 Å². The molecule has 2 fully saturated rings. The highest BCUT2D eigenvalue weighted by molar-refractivity contribution is 7.89. The van der Waals surface area contributed by atoms with Gasteiger partial charge in [-0.25, -0.2) is 8.42 Å². The Bertz CT molecular complexity index is 781. The van der Waals surface area contributed by atoms with Crippen molar-refractivity contribution in [3.05, 3.63) is 18.2 Å². The van der Waals surface area contributed by atoms with Gasteiger partial charge in [0.1, 0.15) is 0 Å².